The summed E-state index contributed by atoms with van der Waals surface area (Å²) in [4.78, 5) is 0. The van der Waals surface area contributed by atoms with Crippen LogP contribution in [0.2, 0.25) is 0 Å². The molecule has 21 valence electrons. The molecular formula is CoLa2O. The number of hydrogen-bond acceptors (Lipinski definition) is 1. The van der Waals surface area contributed by atoms with Gasteiger partial charge in [-0.2, -0.15) is 0 Å². The molecule has 0 aliphatic heterocycles. The van der Waals surface area contributed by atoms with E-state index in [9.17, 15) is 0 Å². The van der Waals surface area contributed by atoms with Crippen LogP contribution in [0.1, 0.15) is 0 Å². The van der Waals surface area contributed by atoms with Crippen LogP contribution in [0.3, 0.4) is 0 Å². The van der Waals surface area contributed by atoms with Crippen LogP contribution >= 0.6 is 0 Å². The molecule has 0 rings (SSSR count). The van der Waals surface area contributed by atoms with E-state index in [-0.39, 0.29) is 71.2 Å². The molecule has 0 aromatic rings. The molecule has 0 heterocycles. The summed E-state index contributed by atoms with van der Waals surface area (Å²) in [6.07, 6.45) is 0. The third-order valence-corrected chi connectivity index (χ3v) is 0. The second kappa shape index (κ2) is 17.3. The van der Waals surface area contributed by atoms with Gasteiger partial charge in [0.15, 0.2) is 0 Å². The molecule has 0 aromatic heterocycles. The Bertz CT molecular complexity index is 6.00. The third kappa shape index (κ3) is 8.83. The van der Waals surface area contributed by atoms with Crippen LogP contribution in [-0.4, -0.2) is 0 Å². The Hall–Kier alpha value is 2.70. The summed E-state index contributed by atoms with van der Waals surface area (Å²) in [5, 5.41) is 0. The van der Waals surface area contributed by atoms with Gasteiger partial charge in [-0.15, -0.1) is 0 Å². The van der Waals surface area contributed by atoms with Crippen molar-refractivity contribution in [2.24, 2.45) is 0 Å². The predicted molar refractivity (Wildman–Crippen MR) is 0.686 cm³/mol. The molecule has 0 fully saturated rings. The first kappa shape index (κ1) is 15.9. The third-order valence-electron chi connectivity index (χ3n) is 0. The molecule has 0 aromatic carbocycles. The van der Waals surface area contributed by atoms with Crippen molar-refractivity contribution < 1.29 is 90.7 Å². The minimum atomic E-state index is 0. The van der Waals surface area contributed by atoms with Gasteiger partial charge in [0.2, 0.25) is 0 Å². The van der Waals surface area contributed by atoms with Gasteiger partial charge in [-0.3, -0.25) is 0 Å². The molecule has 0 aliphatic carbocycles. The van der Waals surface area contributed by atoms with Gasteiger partial charge in [-0.25, -0.2) is 0 Å². The zero-order valence-corrected chi connectivity index (χ0v) is 10.2. The first-order valence-corrected chi connectivity index (χ1v) is 0.561. The van der Waals surface area contributed by atoms with E-state index in [4.69, 9.17) is 3.87 Å². The SMILES string of the molecule is [La].[La].[O]=[Co]. The quantitative estimate of drug-likeness (QED) is 0.594. The summed E-state index contributed by atoms with van der Waals surface area (Å²) in [6, 6.07) is 0. The van der Waals surface area contributed by atoms with E-state index in [1.165, 1.54) is 0 Å². The van der Waals surface area contributed by atoms with Crippen molar-refractivity contribution in [3.05, 3.63) is 0 Å². The Kier molecular flexibility index (Phi) is 68.7. The second-order valence-corrected chi connectivity index (χ2v) is 0. The Labute approximate surface area is 88.7 Å². The van der Waals surface area contributed by atoms with Gasteiger partial charge >= 0.3 is 19.5 Å². The van der Waals surface area contributed by atoms with E-state index < -0.39 is 0 Å². The molecule has 0 atom stereocenters. The van der Waals surface area contributed by atoms with Crippen molar-refractivity contribution in [3.8, 4) is 0 Å². The Morgan fingerprint density at radius 2 is 1.00 bits per heavy atom. The Morgan fingerprint density at radius 1 is 1.00 bits per heavy atom. The fourth-order valence-corrected chi connectivity index (χ4v) is 0. The molecule has 4 heavy (non-hydrogen) atoms. The Morgan fingerprint density at radius 3 is 1.00 bits per heavy atom. The van der Waals surface area contributed by atoms with Crippen molar-refractivity contribution in [3.63, 3.8) is 0 Å². The maximum atomic E-state index is 7.94. The van der Waals surface area contributed by atoms with Crippen LogP contribution < -0.4 is 0 Å². The van der Waals surface area contributed by atoms with Gasteiger partial charge in [0.25, 0.3) is 0 Å². The molecule has 0 amide bonds. The summed E-state index contributed by atoms with van der Waals surface area (Å²) < 4.78 is 7.94. The summed E-state index contributed by atoms with van der Waals surface area (Å²) in [6.45, 7) is 0. The fraction of sp³-hybridized carbons (Fsp3) is 0. The average molecular weight is 353 g/mol. The average Bonchev–Trinajstić information content (AvgIpc) is 1.00. The molecule has 0 saturated carbocycles. The van der Waals surface area contributed by atoms with Crippen LogP contribution in [0.15, 0.2) is 0 Å². The van der Waals surface area contributed by atoms with E-state index in [1.54, 1.807) is 0 Å². The van der Waals surface area contributed by atoms with E-state index in [2.05, 4.69) is 15.7 Å². The van der Waals surface area contributed by atoms with Crippen molar-refractivity contribution in [2.45, 2.75) is 0 Å². The van der Waals surface area contributed by atoms with Gasteiger partial charge in [0.1, 0.15) is 0 Å². The summed E-state index contributed by atoms with van der Waals surface area (Å²) in [5.41, 5.74) is 0. The molecule has 2 radical (unpaired) electrons. The minimum absolute atomic E-state index is 0. The van der Waals surface area contributed by atoms with Gasteiger partial charge < -0.3 is 0 Å². The molecular weight excluding hydrogens is 353 g/mol. The number of rotatable bonds is 0. The molecule has 0 bridgehead atoms. The first-order chi connectivity index (χ1) is 1.00. The zero-order valence-electron chi connectivity index (χ0n) is 1.90. The second-order valence-electron chi connectivity index (χ2n) is 0. The fourth-order valence-electron chi connectivity index (χ4n) is 0. The van der Waals surface area contributed by atoms with Crippen LogP contribution in [0.25, 0.3) is 0 Å². The van der Waals surface area contributed by atoms with Crippen molar-refractivity contribution in [1.29, 1.82) is 0 Å². The van der Waals surface area contributed by atoms with Crippen molar-refractivity contribution in [1.82, 2.24) is 0 Å². The molecule has 1 nitrogen and oxygen atoms in total. The standard InChI is InChI=1S/Co.2La.O. The molecule has 0 N–H and O–H groups in total. The molecule has 0 aliphatic rings. The summed E-state index contributed by atoms with van der Waals surface area (Å²) >= 11 is 2.31. The molecule has 0 saturated heterocycles. The number of hydrogen-bond donors (Lipinski definition) is 0. The van der Waals surface area contributed by atoms with E-state index >= 15 is 0 Å². The van der Waals surface area contributed by atoms with Crippen LogP contribution in [-0.2, 0) is 19.5 Å². The normalized spacial score (nSPS) is 1.25. The molecule has 4 heteroatoms. The summed E-state index contributed by atoms with van der Waals surface area (Å²) in [7, 11) is 0. The van der Waals surface area contributed by atoms with Crippen molar-refractivity contribution >= 4 is 0 Å². The van der Waals surface area contributed by atoms with Gasteiger partial charge in [-0.05, 0) is 0 Å². The first-order valence-electron chi connectivity index (χ1n) is 0.136. The monoisotopic (exact) mass is 353 g/mol. The zero-order chi connectivity index (χ0) is 2.00. The molecule has 0 unspecified atom stereocenters. The summed E-state index contributed by atoms with van der Waals surface area (Å²) in [5.74, 6) is 0. The van der Waals surface area contributed by atoms with Crippen LogP contribution in [0.4, 0.5) is 0 Å². The van der Waals surface area contributed by atoms with Gasteiger partial charge in [0, 0.05) is 71.2 Å². The maximum absolute atomic E-state index is 7.94. The molecule has 0 spiro atoms. The van der Waals surface area contributed by atoms with Crippen LogP contribution in [0, 0.1) is 71.2 Å². The Balaban J connectivity index is -0.00000000500. The van der Waals surface area contributed by atoms with E-state index in [1.807, 2.05) is 0 Å². The van der Waals surface area contributed by atoms with Gasteiger partial charge in [0.05, 0.1) is 0 Å². The van der Waals surface area contributed by atoms with Gasteiger partial charge in [-0.1, -0.05) is 0 Å². The van der Waals surface area contributed by atoms with E-state index in [0.717, 1.165) is 0 Å². The van der Waals surface area contributed by atoms with Crippen molar-refractivity contribution in [2.75, 3.05) is 0 Å². The van der Waals surface area contributed by atoms with E-state index in [0.29, 0.717) is 0 Å². The van der Waals surface area contributed by atoms with Crippen LogP contribution in [0.5, 0.6) is 0 Å². The predicted octanol–water partition coefficient (Wildman–Crippen LogP) is -0.121. The topological polar surface area (TPSA) is 17.1 Å².